The third-order valence-corrected chi connectivity index (χ3v) is 2.03. The summed E-state index contributed by atoms with van der Waals surface area (Å²) in [5.74, 6) is 0. The SMILES string of the molecule is C1CCCCC1.Cn1cnnc1. The van der Waals surface area contributed by atoms with E-state index in [2.05, 4.69) is 10.2 Å². The van der Waals surface area contributed by atoms with Crippen molar-refractivity contribution in [1.29, 1.82) is 0 Å². The van der Waals surface area contributed by atoms with Crippen LogP contribution in [0.25, 0.3) is 0 Å². The first-order chi connectivity index (χ1) is 5.89. The van der Waals surface area contributed by atoms with Gasteiger partial charge in [0.25, 0.3) is 0 Å². The lowest BCUT2D eigenvalue weighted by atomic mass is 10.0. The number of hydrogen-bond acceptors (Lipinski definition) is 2. The second-order valence-electron chi connectivity index (χ2n) is 3.25. The second-order valence-corrected chi connectivity index (χ2v) is 3.25. The van der Waals surface area contributed by atoms with E-state index in [9.17, 15) is 0 Å². The van der Waals surface area contributed by atoms with Crippen molar-refractivity contribution in [3.63, 3.8) is 0 Å². The Hall–Kier alpha value is -0.860. The number of hydrogen-bond donors (Lipinski definition) is 0. The topological polar surface area (TPSA) is 30.7 Å². The van der Waals surface area contributed by atoms with Crippen LogP contribution in [-0.4, -0.2) is 14.8 Å². The van der Waals surface area contributed by atoms with Crippen LogP contribution in [-0.2, 0) is 7.05 Å². The van der Waals surface area contributed by atoms with Gasteiger partial charge in [-0.05, 0) is 0 Å². The highest BCUT2D eigenvalue weighted by Gasteiger charge is 1.95. The van der Waals surface area contributed by atoms with Crippen molar-refractivity contribution in [3.05, 3.63) is 12.7 Å². The Morgan fingerprint density at radius 1 is 0.833 bits per heavy atom. The molecule has 0 spiro atoms. The summed E-state index contributed by atoms with van der Waals surface area (Å²) in [6.07, 6.45) is 12.3. The molecule has 0 bridgehead atoms. The summed E-state index contributed by atoms with van der Waals surface area (Å²) >= 11 is 0. The average Bonchev–Trinajstić information content (AvgIpc) is 2.60. The van der Waals surface area contributed by atoms with Gasteiger partial charge in [-0.2, -0.15) is 0 Å². The van der Waals surface area contributed by atoms with Crippen LogP contribution < -0.4 is 0 Å². The van der Waals surface area contributed by atoms with Gasteiger partial charge in [0.05, 0.1) is 0 Å². The molecule has 1 aliphatic carbocycles. The van der Waals surface area contributed by atoms with Crippen LogP contribution in [0.1, 0.15) is 38.5 Å². The van der Waals surface area contributed by atoms with Crippen molar-refractivity contribution in [3.8, 4) is 0 Å². The maximum absolute atomic E-state index is 3.53. The van der Waals surface area contributed by atoms with E-state index in [1.807, 2.05) is 7.05 Å². The Balaban J connectivity index is 0.000000120. The Morgan fingerprint density at radius 3 is 1.33 bits per heavy atom. The molecule has 0 aliphatic heterocycles. The third-order valence-electron chi connectivity index (χ3n) is 2.03. The van der Waals surface area contributed by atoms with Crippen LogP contribution in [0, 0.1) is 0 Å². The monoisotopic (exact) mass is 167 g/mol. The zero-order valence-corrected chi connectivity index (χ0v) is 7.74. The quantitative estimate of drug-likeness (QED) is 0.592. The predicted octanol–water partition coefficient (Wildman–Crippen LogP) is 2.16. The molecular formula is C9H17N3. The molecule has 1 fully saturated rings. The molecule has 1 aromatic heterocycles. The van der Waals surface area contributed by atoms with Crippen molar-refractivity contribution < 1.29 is 0 Å². The summed E-state index contributed by atoms with van der Waals surface area (Å²) in [5.41, 5.74) is 0. The molecule has 1 aromatic rings. The lowest BCUT2D eigenvalue weighted by Crippen LogP contribution is -1.85. The van der Waals surface area contributed by atoms with Gasteiger partial charge in [-0.25, -0.2) is 0 Å². The van der Waals surface area contributed by atoms with Gasteiger partial charge < -0.3 is 4.57 Å². The maximum Gasteiger partial charge on any atom is 0.119 e. The van der Waals surface area contributed by atoms with Crippen LogP contribution in [0.4, 0.5) is 0 Å². The summed E-state index contributed by atoms with van der Waals surface area (Å²) in [5, 5.41) is 7.07. The minimum Gasteiger partial charge on any atom is -0.323 e. The summed E-state index contributed by atoms with van der Waals surface area (Å²) in [7, 11) is 1.88. The van der Waals surface area contributed by atoms with Crippen LogP contribution in [0.15, 0.2) is 12.7 Å². The average molecular weight is 167 g/mol. The van der Waals surface area contributed by atoms with E-state index in [0.29, 0.717) is 0 Å². The van der Waals surface area contributed by atoms with Crippen LogP contribution in [0.5, 0.6) is 0 Å². The largest absolute Gasteiger partial charge is 0.323 e. The highest BCUT2D eigenvalue weighted by atomic mass is 15.2. The lowest BCUT2D eigenvalue weighted by Gasteiger charge is -2.05. The smallest absolute Gasteiger partial charge is 0.119 e. The number of aromatic nitrogens is 3. The lowest BCUT2D eigenvalue weighted by molar-refractivity contribution is 0.504. The molecule has 0 atom stereocenters. The molecule has 12 heavy (non-hydrogen) atoms. The predicted molar refractivity (Wildman–Crippen MR) is 48.7 cm³/mol. The molecule has 0 saturated heterocycles. The van der Waals surface area contributed by atoms with Crippen molar-refractivity contribution in [2.24, 2.45) is 7.05 Å². The van der Waals surface area contributed by atoms with Crippen molar-refractivity contribution in [2.75, 3.05) is 0 Å². The molecule has 0 N–H and O–H groups in total. The molecule has 3 nitrogen and oxygen atoms in total. The van der Waals surface area contributed by atoms with E-state index >= 15 is 0 Å². The standard InChI is InChI=1S/C6H12.C3H5N3/c1-2-4-6-5-3-1;1-6-2-4-5-3-6/h1-6H2;2-3H,1H3. The minimum absolute atomic E-state index is 1.50. The fraction of sp³-hybridized carbons (Fsp3) is 0.778. The molecule has 1 saturated carbocycles. The summed E-state index contributed by atoms with van der Waals surface area (Å²) < 4.78 is 1.78. The molecule has 1 aliphatic rings. The van der Waals surface area contributed by atoms with Gasteiger partial charge in [-0.1, -0.05) is 38.5 Å². The third kappa shape index (κ3) is 4.11. The Bertz CT molecular complexity index is 166. The van der Waals surface area contributed by atoms with E-state index in [4.69, 9.17) is 0 Å². The normalized spacial score (nSPS) is 16.4. The fourth-order valence-corrected chi connectivity index (χ4v) is 1.31. The van der Waals surface area contributed by atoms with Gasteiger partial charge in [-0.3, -0.25) is 0 Å². The van der Waals surface area contributed by atoms with Crippen molar-refractivity contribution in [2.45, 2.75) is 38.5 Å². The molecule has 0 aromatic carbocycles. The van der Waals surface area contributed by atoms with Gasteiger partial charge >= 0.3 is 0 Å². The number of nitrogens with zero attached hydrogens (tertiary/aromatic N) is 3. The van der Waals surface area contributed by atoms with Gasteiger partial charge in [0.15, 0.2) is 0 Å². The molecule has 2 rings (SSSR count). The van der Waals surface area contributed by atoms with Gasteiger partial charge in [0.1, 0.15) is 12.7 Å². The first-order valence-electron chi connectivity index (χ1n) is 4.68. The summed E-state index contributed by atoms with van der Waals surface area (Å²) in [4.78, 5) is 0. The first-order valence-corrected chi connectivity index (χ1v) is 4.68. The second kappa shape index (κ2) is 5.75. The zero-order chi connectivity index (χ0) is 8.65. The van der Waals surface area contributed by atoms with Gasteiger partial charge in [0.2, 0.25) is 0 Å². The molecule has 0 radical (unpaired) electrons. The number of aryl methyl sites for hydroxylation is 1. The molecule has 3 heteroatoms. The minimum atomic E-state index is 1.50. The van der Waals surface area contributed by atoms with Crippen LogP contribution in [0.3, 0.4) is 0 Å². The molecular weight excluding hydrogens is 150 g/mol. The van der Waals surface area contributed by atoms with Crippen LogP contribution in [0.2, 0.25) is 0 Å². The van der Waals surface area contributed by atoms with E-state index in [-0.39, 0.29) is 0 Å². The zero-order valence-electron chi connectivity index (χ0n) is 7.74. The molecule has 0 amide bonds. The van der Waals surface area contributed by atoms with E-state index < -0.39 is 0 Å². The Labute approximate surface area is 73.8 Å². The fourth-order valence-electron chi connectivity index (χ4n) is 1.31. The first kappa shape index (κ1) is 9.23. The Kier molecular flexibility index (Phi) is 4.42. The van der Waals surface area contributed by atoms with Gasteiger partial charge in [-0.15, -0.1) is 10.2 Å². The highest BCUT2D eigenvalue weighted by molar-refractivity contribution is 4.52. The van der Waals surface area contributed by atoms with E-state index in [1.165, 1.54) is 38.5 Å². The van der Waals surface area contributed by atoms with Crippen LogP contribution >= 0.6 is 0 Å². The number of rotatable bonds is 0. The highest BCUT2D eigenvalue weighted by Crippen LogP contribution is 2.15. The summed E-state index contributed by atoms with van der Waals surface area (Å²) in [6, 6.07) is 0. The summed E-state index contributed by atoms with van der Waals surface area (Å²) in [6.45, 7) is 0. The molecule has 68 valence electrons. The van der Waals surface area contributed by atoms with E-state index in [1.54, 1.807) is 17.2 Å². The van der Waals surface area contributed by atoms with E-state index in [0.717, 1.165) is 0 Å². The maximum atomic E-state index is 3.53. The van der Waals surface area contributed by atoms with Crippen molar-refractivity contribution >= 4 is 0 Å². The van der Waals surface area contributed by atoms with Crippen molar-refractivity contribution in [1.82, 2.24) is 14.8 Å². The Morgan fingerprint density at radius 2 is 1.17 bits per heavy atom. The van der Waals surface area contributed by atoms with Gasteiger partial charge in [0, 0.05) is 7.05 Å². The molecule has 0 unspecified atom stereocenters. The molecule has 1 heterocycles.